The van der Waals surface area contributed by atoms with Crippen LogP contribution in [0.1, 0.15) is 21.5 Å². The lowest BCUT2D eigenvalue weighted by Gasteiger charge is -2.11. The van der Waals surface area contributed by atoms with E-state index in [1.807, 2.05) is 31.1 Å². The fourth-order valence-electron chi connectivity index (χ4n) is 1.95. The van der Waals surface area contributed by atoms with Crippen molar-refractivity contribution in [2.45, 2.75) is 6.54 Å². The third-order valence-electron chi connectivity index (χ3n) is 2.96. The van der Waals surface area contributed by atoms with Crippen molar-refractivity contribution in [3.63, 3.8) is 0 Å². The molecular weight excluding hydrogens is 264 g/mol. The highest BCUT2D eigenvalue weighted by Gasteiger charge is 2.08. The lowest BCUT2D eigenvalue weighted by Crippen LogP contribution is -2.11. The molecule has 2 aromatic rings. The molecule has 21 heavy (non-hydrogen) atoms. The molecule has 0 bridgehead atoms. The van der Waals surface area contributed by atoms with Crippen LogP contribution in [-0.4, -0.2) is 34.9 Å². The first-order valence-electron chi connectivity index (χ1n) is 6.65. The SMILES string of the molecule is CN(C)Cc1cc(C(=O)/C=C/c2cccnc2)ccc1O. The molecule has 4 heteroatoms. The van der Waals surface area contributed by atoms with Gasteiger partial charge in [0.25, 0.3) is 0 Å². The monoisotopic (exact) mass is 282 g/mol. The van der Waals surface area contributed by atoms with E-state index >= 15 is 0 Å². The van der Waals surface area contributed by atoms with E-state index in [1.165, 1.54) is 6.08 Å². The van der Waals surface area contributed by atoms with E-state index in [-0.39, 0.29) is 11.5 Å². The molecule has 1 aromatic heterocycles. The second-order valence-corrected chi connectivity index (χ2v) is 5.07. The predicted molar refractivity (Wildman–Crippen MR) is 83.1 cm³/mol. The predicted octanol–water partition coefficient (Wildman–Crippen LogP) is 2.74. The molecule has 0 aliphatic heterocycles. The summed E-state index contributed by atoms with van der Waals surface area (Å²) in [5.74, 6) is 0.107. The number of hydrogen-bond donors (Lipinski definition) is 1. The molecule has 0 fully saturated rings. The molecule has 0 aliphatic rings. The van der Waals surface area contributed by atoms with Crippen molar-refractivity contribution in [1.82, 2.24) is 9.88 Å². The Morgan fingerprint density at radius 3 is 2.81 bits per heavy atom. The Morgan fingerprint density at radius 2 is 2.14 bits per heavy atom. The lowest BCUT2D eigenvalue weighted by molar-refractivity contribution is 0.104. The van der Waals surface area contributed by atoms with Gasteiger partial charge in [0.2, 0.25) is 0 Å². The van der Waals surface area contributed by atoms with Gasteiger partial charge in [-0.15, -0.1) is 0 Å². The molecule has 0 amide bonds. The van der Waals surface area contributed by atoms with Gasteiger partial charge < -0.3 is 10.0 Å². The van der Waals surface area contributed by atoms with Crippen molar-refractivity contribution in [3.8, 4) is 5.75 Å². The van der Waals surface area contributed by atoms with Crippen LogP contribution in [0.5, 0.6) is 5.75 Å². The first kappa shape index (κ1) is 14.9. The Morgan fingerprint density at radius 1 is 1.33 bits per heavy atom. The number of aromatic nitrogens is 1. The number of allylic oxidation sites excluding steroid dienone is 1. The smallest absolute Gasteiger partial charge is 0.185 e. The number of benzene rings is 1. The highest BCUT2D eigenvalue weighted by Crippen LogP contribution is 2.20. The molecule has 1 heterocycles. The van der Waals surface area contributed by atoms with E-state index in [1.54, 1.807) is 36.7 Å². The van der Waals surface area contributed by atoms with Crippen molar-refractivity contribution in [1.29, 1.82) is 0 Å². The van der Waals surface area contributed by atoms with E-state index in [0.717, 1.165) is 11.1 Å². The zero-order valence-electron chi connectivity index (χ0n) is 12.2. The molecule has 108 valence electrons. The average molecular weight is 282 g/mol. The minimum atomic E-state index is -0.0983. The largest absolute Gasteiger partial charge is 0.508 e. The van der Waals surface area contributed by atoms with Crippen molar-refractivity contribution in [3.05, 3.63) is 65.5 Å². The highest BCUT2D eigenvalue weighted by atomic mass is 16.3. The van der Waals surface area contributed by atoms with E-state index < -0.39 is 0 Å². The van der Waals surface area contributed by atoms with E-state index in [9.17, 15) is 9.90 Å². The van der Waals surface area contributed by atoms with Crippen LogP contribution < -0.4 is 0 Å². The van der Waals surface area contributed by atoms with E-state index in [0.29, 0.717) is 12.1 Å². The minimum Gasteiger partial charge on any atom is -0.508 e. The number of aromatic hydroxyl groups is 1. The minimum absolute atomic E-state index is 0.0983. The third-order valence-corrected chi connectivity index (χ3v) is 2.96. The third kappa shape index (κ3) is 4.26. The van der Waals surface area contributed by atoms with Crippen molar-refractivity contribution < 1.29 is 9.90 Å². The molecular formula is C17H18N2O2. The standard InChI is InChI=1S/C17H18N2O2/c1-19(2)12-15-10-14(6-8-17(15)21)16(20)7-5-13-4-3-9-18-11-13/h3-11,21H,12H2,1-2H3/b7-5+. The summed E-state index contributed by atoms with van der Waals surface area (Å²) in [6.45, 7) is 0.583. The van der Waals surface area contributed by atoms with Crippen LogP contribution >= 0.6 is 0 Å². The number of carbonyl (C=O) groups is 1. The topological polar surface area (TPSA) is 53.4 Å². The van der Waals surface area contributed by atoms with Gasteiger partial charge in [-0.05, 0) is 56.1 Å². The summed E-state index contributed by atoms with van der Waals surface area (Å²) in [7, 11) is 3.83. The second-order valence-electron chi connectivity index (χ2n) is 5.07. The number of phenolic OH excluding ortho intramolecular Hbond substituents is 1. The lowest BCUT2D eigenvalue weighted by atomic mass is 10.0. The number of phenols is 1. The maximum absolute atomic E-state index is 12.2. The average Bonchev–Trinajstić information content (AvgIpc) is 2.47. The van der Waals surface area contributed by atoms with Crippen LogP contribution in [0.3, 0.4) is 0 Å². The number of carbonyl (C=O) groups excluding carboxylic acids is 1. The van der Waals surface area contributed by atoms with E-state index in [2.05, 4.69) is 4.98 Å². The normalized spacial score (nSPS) is 11.2. The number of rotatable bonds is 5. The summed E-state index contributed by atoms with van der Waals surface area (Å²) in [6, 6.07) is 8.62. The van der Waals surface area contributed by atoms with Crippen LogP contribution in [0, 0.1) is 0 Å². The van der Waals surface area contributed by atoms with Crippen molar-refractivity contribution in [2.75, 3.05) is 14.1 Å². The van der Waals surface area contributed by atoms with Crippen LogP contribution in [0.4, 0.5) is 0 Å². The van der Waals surface area contributed by atoms with E-state index in [4.69, 9.17) is 0 Å². The number of ketones is 1. The number of nitrogens with zero attached hydrogens (tertiary/aromatic N) is 2. The van der Waals surface area contributed by atoms with Gasteiger partial charge in [0.15, 0.2) is 5.78 Å². The molecule has 0 radical (unpaired) electrons. The summed E-state index contributed by atoms with van der Waals surface area (Å²) >= 11 is 0. The van der Waals surface area contributed by atoms with Gasteiger partial charge in [-0.3, -0.25) is 9.78 Å². The number of pyridine rings is 1. The van der Waals surface area contributed by atoms with Crippen molar-refractivity contribution in [2.24, 2.45) is 0 Å². The van der Waals surface area contributed by atoms with Gasteiger partial charge in [0.1, 0.15) is 5.75 Å². The Bertz CT molecular complexity index is 649. The molecule has 0 spiro atoms. The van der Waals surface area contributed by atoms with Crippen LogP contribution in [0.2, 0.25) is 0 Å². The Hall–Kier alpha value is -2.46. The van der Waals surface area contributed by atoms with Gasteiger partial charge in [0, 0.05) is 30.1 Å². The molecule has 0 saturated heterocycles. The van der Waals surface area contributed by atoms with Crippen LogP contribution in [0.15, 0.2) is 48.8 Å². The molecule has 0 unspecified atom stereocenters. The molecule has 0 aliphatic carbocycles. The summed E-state index contributed by atoms with van der Waals surface area (Å²) in [4.78, 5) is 18.1. The maximum atomic E-state index is 12.2. The molecule has 0 atom stereocenters. The highest BCUT2D eigenvalue weighted by molar-refractivity contribution is 6.07. The summed E-state index contributed by atoms with van der Waals surface area (Å²) < 4.78 is 0. The zero-order valence-corrected chi connectivity index (χ0v) is 12.2. The summed E-state index contributed by atoms with van der Waals surface area (Å²) in [5, 5.41) is 9.81. The quantitative estimate of drug-likeness (QED) is 0.677. The summed E-state index contributed by atoms with van der Waals surface area (Å²) in [5.41, 5.74) is 2.17. The van der Waals surface area contributed by atoms with Crippen LogP contribution in [0.25, 0.3) is 6.08 Å². The Balaban J connectivity index is 2.18. The molecule has 2 rings (SSSR count). The molecule has 1 aromatic carbocycles. The molecule has 1 N–H and O–H groups in total. The summed E-state index contributed by atoms with van der Waals surface area (Å²) in [6.07, 6.45) is 6.63. The van der Waals surface area contributed by atoms with Crippen molar-refractivity contribution >= 4 is 11.9 Å². The number of hydrogen-bond acceptors (Lipinski definition) is 4. The molecule has 0 saturated carbocycles. The van der Waals surface area contributed by atoms with Gasteiger partial charge in [-0.1, -0.05) is 6.07 Å². The van der Waals surface area contributed by atoms with Gasteiger partial charge in [-0.2, -0.15) is 0 Å². The Kier molecular flexibility index (Phi) is 4.85. The Labute approximate surface area is 124 Å². The van der Waals surface area contributed by atoms with Crippen LogP contribution in [-0.2, 0) is 6.54 Å². The fourth-order valence-corrected chi connectivity index (χ4v) is 1.95. The first-order valence-corrected chi connectivity index (χ1v) is 6.65. The zero-order chi connectivity index (χ0) is 15.2. The first-order chi connectivity index (χ1) is 10.1. The molecule has 4 nitrogen and oxygen atoms in total. The van der Waals surface area contributed by atoms with Gasteiger partial charge >= 0.3 is 0 Å². The second kappa shape index (κ2) is 6.81. The van der Waals surface area contributed by atoms with Gasteiger partial charge in [-0.25, -0.2) is 0 Å². The fraction of sp³-hybridized carbons (Fsp3) is 0.176. The maximum Gasteiger partial charge on any atom is 0.185 e. The van der Waals surface area contributed by atoms with Gasteiger partial charge in [0.05, 0.1) is 0 Å².